The number of nitrogens with zero attached hydrogens (tertiary/aromatic N) is 1. The first kappa shape index (κ1) is 16.6. The molecule has 0 saturated heterocycles. The average molecular weight is 371 g/mol. The summed E-state index contributed by atoms with van der Waals surface area (Å²) in [6.45, 7) is 8.42. The Balaban J connectivity index is 2.39. The maximum absolute atomic E-state index is 13.8. The summed E-state index contributed by atoms with van der Waals surface area (Å²) in [4.78, 5) is 4.71. The largest absolute Gasteiger partial charge is 0.302 e. The first-order chi connectivity index (χ1) is 9.88. The first-order valence-electron chi connectivity index (χ1n) is 7.04. The summed E-state index contributed by atoms with van der Waals surface area (Å²) in [5.41, 5.74) is 1.98. The zero-order valence-corrected chi connectivity index (χ0v) is 15.1. The van der Waals surface area contributed by atoms with Gasteiger partial charge in [0.05, 0.1) is 16.2 Å². The van der Waals surface area contributed by atoms with Crippen LogP contribution in [-0.2, 0) is 0 Å². The Morgan fingerprint density at radius 2 is 1.95 bits per heavy atom. The Kier molecular flexibility index (Phi) is 5.52. The molecule has 2 rings (SSSR count). The van der Waals surface area contributed by atoms with Crippen molar-refractivity contribution in [2.45, 2.75) is 45.7 Å². The van der Waals surface area contributed by atoms with Gasteiger partial charge in [-0.1, -0.05) is 19.9 Å². The van der Waals surface area contributed by atoms with Crippen LogP contribution in [0.2, 0.25) is 0 Å². The summed E-state index contributed by atoms with van der Waals surface area (Å²) in [7, 11) is 0. The highest BCUT2D eigenvalue weighted by molar-refractivity contribution is 9.10. The molecule has 21 heavy (non-hydrogen) atoms. The lowest BCUT2D eigenvalue weighted by Crippen LogP contribution is -2.29. The van der Waals surface area contributed by atoms with Gasteiger partial charge in [-0.2, -0.15) is 0 Å². The number of nitrogens with one attached hydrogen (secondary N) is 1. The van der Waals surface area contributed by atoms with E-state index in [1.54, 1.807) is 23.5 Å². The Bertz CT molecular complexity index is 610. The van der Waals surface area contributed by atoms with Crippen molar-refractivity contribution in [1.29, 1.82) is 0 Å². The van der Waals surface area contributed by atoms with Crippen LogP contribution in [0.4, 0.5) is 4.39 Å². The van der Waals surface area contributed by atoms with Crippen LogP contribution in [0, 0.1) is 5.82 Å². The normalized spacial score (nSPS) is 13.1. The quantitative estimate of drug-likeness (QED) is 0.776. The number of hydrogen-bond acceptors (Lipinski definition) is 3. The summed E-state index contributed by atoms with van der Waals surface area (Å²) in [6, 6.07) is 5.46. The zero-order chi connectivity index (χ0) is 15.6. The molecule has 0 aliphatic heterocycles. The molecule has 1 aromatic carbocycles. The van der Waals surface area contributed by atoms with Crippen molar-refractivity contribution >= 4 is 27.3 Å². The smallest absolute Gasteiger partial charge is 0.137 e. The molecule has 1 atom stereocenters. The van der Waals surface area contributed by atoms with E-state index >= 15 is 0 Å². The van der Waals surface area contributed by atoms with Crippen LogP contribution in [0.25, 0.3) is 0 Å². The van der Waals surface area contributed by atoms with Crippen LogP contribution < -0.4 is 5.32 Å². The molecule has 0 spiro atoms. The van der Waals surface area contributed by atoms with Crippen molar-refractivity contribution in [2.24, 2.45) is 0 Å². The van der Waals surface area contributed by atoms with Crippen molar-refractivity contribution in [3.8, 4) is 0 Å². The molecule has 0 amide bonds. The van der Waals surface area contributed by atoms with Crippen molar-refractivity contribution in [1.82, 2.24) is 10.3 Å². The van der Waals surface area contributed by atoms with Gasteiger partial charge < -0.3 is 5.32 Å². The topological polar surface area (TPSA) is 24.9 Å². The Morgan fingerprint density at radius 3 is 2.48 bits per heavy atom. The maximum atomic E-state index is 13.8. The van der Waals surface area contributed by atoms with E-state index in [-0.39, 0.29) is 17.9 Å². The molecule has 1 unspecified atom stereocenters. The van der Waals surface area contributed by atoms with Crippen molar-refractivity contribution < 1.29 is 4.39 Å². The van der Waals surface area contributed by atoms with Crippen molar-refractivity contribution in [3.63, 3.8) is 0 Å². The fourth-order valence-corrected chi connectivity index (χ4v) is 3.35. The zero-order valence-electron chi connectivity index (χ0n) is 12.7. The predicted octanol–water partition coefficient (Wildman–Crippen LogP) is 5.26. The van der Waals surface area contributed by atoms with Gasteiger partial charge in [-0.3, -0.25) is 0 Å². The second-order valence-corrected chi connectivity index (χ2v) is 7.44. The first-order valence-corrected chi connectivity index (χ1v) is 8.72. The van der Waals surface area contributed by atoms with Gasteiger partial charge in [0.25, 0.3) is 0 Å². The molecule has 1 N–H and O–H groups in total. The molecule has 0 aliphatic rings. The lowest BCUT2D eigenvalue weighted by molar-refractivity contribution is 0.521. The standard InChI is InChI=1S/C16H20BrFN2S/c1-9(2)14-8-21-16(20-14)15(19-10(3)4)11-5-6-12(17)13(18)7-11/h5-10,15,19H,1-4H3. The van der Waals surface area contributed by atoms with E-state index in [1.807, 2.05) is 6.07 Å². The van der Waals surface area contributed by atoms with Crippen LogP contribution in [0.5, 0.6) is 0 Å². The molecule has 5 heteroatoms. The second-order valence-electron chi connectivity index (χ2n) is 5.69. The molecule has 1 aromatic heterocycles. The van der Waals surface area contributed by atoms with Crippen LogP contribution in [0.3, 0.4) is 0 Å². The van der Waals surface area contributed by atoms with E-state index in [0.717, 1.165) is 16.3 Å². The van der Waals surface area contributed by atoms with Gasteiger partial charge >= 0.3 is 0 Å². The molecule has 0 aliphatic carbocycles. The Morgan fingerprint density at radius 1 is 1.24 bits per heavy atom. The number of rotatable bonds is 5. The Hall–Kier alpha value is -0.780. The van der Waals surface area contributed by atoms with Crippen LogP contribution in [-0.4, -0.2) is 11.0 Å². The molecule has 0 radical (unpaired) electrons. The molecule has 1 heterocycles. The van der Waals surface area contributed by atoms with Gasteiger partial charge in [0.15, 0.2) is 0 Å². The number of hydrogen-bond donors (Lipinski definition) is 1. The molecule has 114 valence electrons. The summed E-state index contributed by atoms with van der Waals surface area (Å²) in [5, 5.41) is 6.55. The number of halogens is 2. The van der Waals surface area contributed by atoms with Crippen LogP contribution in [0.1, 0.15) is 55.9 Å². The van der Waals surface area contributed by atoms with Crippen molar-refractivity contribution in [3.05, 3.63) is 50.1 Å². The molecule has 0 fully saturated rings. The molecule has 0 saturated carbocycles. The van der Waals surface area contributed by atoms with E-state index in [2.05, 4.69) is 54.3 Å². The highest BCUT2D eigenvalue weighted by Gasteiger charge is 2.20. The highest BCUT2D eigenvalue weighted by Crippen LogP contribution is 2.29. The van der Waals surface area contributed by atoms with Gasteiger partial charge in [0.1, 0.15) is 10.8 Å². The highest BCUT2D eigenvalue weighted by atomic mass is 79.9. The SMILES string of the molecule is CC(C)NC(c1ccc(Br)c(F)c1)c1nc(C(C)C)cs1. The minimum Gasteiger partial charge on any atom is -0.302 e. The van der Waals surface area contributed by atoms with Gasteiger partial charge in [-0.25, -0.2) is 9.37 Å². The van der Waals surface area contributed by atoms with E-state index in [9.17, 15) is 4.39 Å². The third kappa shape index (κ3) is 4.11. The number of aromatic nitrogens is 1. The van der Waals surface area contributed by atoms with Gasteiger partial charge in [0, 0.05) is 11.4 Å². The van der Waals surface area contributed by atoms with E-state index in [0.29, 0.717) is 10.4 Å². The fraction of sp³-hybridized carbons (Fsp3) is 0.438. The fourth-order valence-electron chi connectivity index (χ4n) is 2.03. The molecule has 2 nitrogen and oxygen atoms in total. The second kappa shape index (κ2) is 6.99. The van der Waals surface area contributed by atoms with E-state index in [1.165, 1.54) is 0 Å². The van der Waals surface area contributed by atoms with Crippen molar-refractivity contribution in [2.75, 3.05) is 0 Å². The monoisotopic (exact) mass is 370 g/mol. The average Bonchev–Trinajstić information content (AvgIpc) is 2.89. The van der Waals surface area contributed by atoms with Gasteiger partial charge in [-0.15, -0.1) is 11.3 Å². The maximum Gasteiger partial charge on any atom is 0.137 e. The lowest BCUT2D eigenvalue weighted by atomic mass is 10.1. The van der Waals surface area contributed by atoms with E-state index < -0.39 is 0 Å². The molecule has 2 aromatic rings. The summed E-state index contributed by atoms with van der Waals surface area (Å²) >= 11 is 4.83. The number of thiazole rings is 1. The number of benzene rings is 1. The van der Waals surface area contributed by atoms with Gasteiger partial charge in [0.2, 0.25) is 0 Å². The molecule has 0 bridgehead atoms. The minimum atomic E-state index is -0.247. The van der Waals surface area contributed by atoms with Gasteiger partial charge in [-0.05, 0) is 53.4 Å². The summed E-state index contributed by atoms with van der Waals surface area (Å²) < 4.78 is 14.3. The minimum absolute atomic E-state index is 0.0786. The van der Waals surface area contributed by atoms with Crippen LogP contribution >= 0.6 is 27.3 Å². The molecular weight excluding hydrogens is 351 g/mol. The summed E-state index contributed by atoms with van der Waals surface area (Å²) in [5.74, 6) is 0.153. The molecular formula is C16H20BrFN2S. The third-order valence-corrected chi connectivity index (χ3v) is 4.73. The van der Waals surface area contributed by atoms with Crippen LogP contribution in [0.15, 0.2) is 28.1 Å². The van der Waals surface area contributed by atoms with E-state index in [4.69, 9.17) is 4.98 Å². The third-order valence-electron chi connectivity index (χ3n) is 3.16. The summed E-state index contributed by atoms with van der Waals surface area (Å²) in [6.07, 6.45) is 0. The predicted molar refractivity (Wildman–Crippen MR) is 90.4 cm³/mol. The lowest BCUT2D eigenvalue weighted by Gasteiger charge is -2.20. The Labute approximate surface area is 137 Å².